The van der Waals surface area contributed by atoms with E-state index in [9.17, 15) is 18.0 Å². The van der Waals surface area contributed by atoms with Gasteiger partial charge in [-0.3, -0.25) is 4.79 Å². The van der Waals surface area contributed by atoms with Crippen LogP contribution in [-0.4, -0.2) is 21.1 Å². The van der Waals surface area contributed by atoms with Crippen molar-refractivity contribution in [2.45, 2.75) is 19.7 Å². The van der Waals surface area contributed by atoms with Gasteiger partial charge in [0.1, 0.15) is 23.1 Å². The van der Waals surface area contributed by atoms with Crippen LogP contribution in [0, 0.1) is 0 Å². The largest absolute Gasteiger partial charge is 0.487 e. The molecule has 8 nitrogen and oxygen atoms in total. The molecule has 0 aliphatic rings. The minimum Gasteiger partial charge on any atom is -0.487 e. The second kappa shape index (κ2) is 9.28. The molecule has 4 aromatic rings. The van der Waals surface area contributed by atoms with Crippen molar-refractivity contribution in [2.75, 3.05) is 10.6 Å². The van der Waals surface area contributed by atoms with Crippen molar-refractivity contribution in [1.82, 2.24) is 15.2 Å². The Labute approximate surface area is 189 Å². The SMILES string of the molecule is CC(=O)Nc1cc(COc2ccsc2-c2nnc(Nc3cccc(C(F)(F)F)c3)o2)ccn1. The Morgan fingerprint density at radius 1 is 1.18 bits per heavy atom. The van der Waals surface area contributed by atoms with E-state index < -0.39 is 11.7 Å². The molecule has 1 amide bonds. The fourth-order valence-corrected chi connectivity index (χ4v) is 3.56. The Morgan fingerprint density at radius 2 is 2.03 bits per heavy atom. The number of rotatable bonds is 7. The molecule has 0 aliphatic heterocycles. The van der Waals surface area contributed by atoms with E-state index in [0.29, 0.717) is 16.4 Å². The van der Waals surface area contributed by atoms with Crippen LogP contribution in [0.3, 0.4) is 0 Å². The van der Waals surface area contributed by atoms with Gasteiger partial charge < -0.3 is 19.8 Å². The Morgan fingerprint density at radius 3 is 2.82 bits per heavy atom. The van der Waals surface area contributed by atoms with E-state index in [1.54, 1.807) is 29.8 Å². The molecule has 33 heavy (non-hydrogen) atoms. The number of ether oxygens (including phenoxy) is 1. The van der Waals surface area contributed by atoms with Crippen LogP contribution in [0.15, 0.2) is 58.5 Å². The van der Waals surface area contributed by atoms with E-state index in [-0.39, 0.29) is 30.1 Å². The third kappa shape index (κ3) is 5.66. The van der Waals surface area contributed by atoms with Crippen LogP contribution in [-0.2, 0) is 17.6 Å². The molecule has 4 rings (SSSR count). The van der Waals surface area contributed by atoms with E-state index in [2.05, 4.69) is 25.8 Å². The average molecular weight is 475 g/mol. The third-order valence-corrected chi connectivity index (χ3v) is 5.10. The van der Waals surface area contributed by atoms with Crippen LogP contribution in [0.25, 0.3) is 10.8 Å². The molecule has 3 heterocycles. The van der Waals surface area contributed by atoms with Crippen LogP contribution in [0.2, 0.25) is 0 Å². The number of nitrogens with zero attached hydrogens (tertiary/aromatic N) is 3. The number of aromatic nitrogens is 3. The van der Waals surface area contributed by atoms with Crippen molar-refractivity contribution >= 4 is 34.8 Å². The maximum Gasteiger partial charge on any atom is 0.416 e. The van der Waals surface area contributed by atoms with Crippen molar-refractivity contribution in [3.63, 3.8) is 0 Å². The highest BCUT2D eigenvalue weighted by Crippen LogP contribution is 2.36. The van der Waals surface area contributed by atoms with E-state index in [4.69, 9.17) is 9.15 Å². The molecule has 0 unspecified atom stereocenters. The number of carbonyl (C=O) groups excluding carboxylic acids is 1. The van der Waals surface area contributed by atoms with Gasteiger partial charge >= 0.3 is 12.2 Å². The summed E-state index contributed by atoms with van der Waals surface area (Å²) in [5.41, 5.74) is 0.151. The summed E-state index contributed by atoms with van der Waals surface area (Å²) >= 11 is 1.31. The summed E-state index contributed by atoms with van der Waals surface area (Å²) in [7, 11) is 0. The van der Waals surface area contributed by atoms with Gasteiger partial charge in [-0.15, -0.1) is 16.4 Å². The number of pyridine rings is 1. The smallest absolute Gasteiger partial charge is 0.416 e. The van der Waals surface area contributed by atoms with E-state index in [1.165, 1.54) is 30.4 Å². The molecule has 0 fully saturated rings. The topological polar surface area (TPSA) is 102 Å². The highest BCUT2D eigenvalue weighted by molar-refractivity contribution is 7.13. The van der Waals surface area contributed by atoms with Gasteiger partial charge in [-0.25, -0.2) is 4.98 Å². The first-order valence-electron chi connectivity index (χ1n) is 9.49. The third-order valence-electron chi connectivity index (χ3n) is 4.21. The van der Waals surface area contributed by atoms with Gasteiger partial charge in [-0.2, -0.15) is 13.2 Å². The number of amides is 1. The van der Waals surface area contributed by atoms with Gasteiger partial charge in [0.15, 0.2) is 0 Å². The zero-order chi connectivity index (χ0) is 23.4. The molecule has 12 heteroatoms. The molecule has 1 aromatic carbocycles. The van der Waals surface area contributed by atoms with Gasteiger partial charge in [0.2, 0.25) is 5.91 Å². The second-order valence-electron chi connectivity index (χ2n) is 6.75. The molecule has 0 atom stereocenters. The first-order chi connectivity index (χ1) is 15.8. The van der Waals surface area contributed by atoms with Gasteiger partial charge in [-0.1, -0.05) is 11.2 Å². The number of hydrogen-bond donors (Lipinski definition) is 2. The summed E-state index contributed by atoms with van der Waals surface area (Å²) in [5, 5.41) is 14.9. The zero-order valence-electron chi connectivity index (χ0n) is 17.0. The number of thiophene rings is 1. The normalized spacial score (nSPS) is 11.3. The molecule has 0 aliphatic carbocycles. The lowest BCUT2D eigenvalue weighted by atomic mass is 10.2. The predicted molar refractivity (Wildman–Crippen MR) is 115 cm³/mol. The quantitative estimate of drug-likeness (QED) is 0.364. The standard InChI is InChI=1S/C21H16F3N5O3S/c1-12(30)26-17-9-13(5-7-25-17)11-31-16-6-8-33-18(16)19-28-29-20(32-19)27-15-4-2-3-14(10-15)21(22,23)24/h2-10H,11H2,1H3,(H,27,29)(H,25,26,30). The summed E-state index contributed by atoms with van der Waals surface area (Å²) in [5.74, 6) is 0.832. The van der Waals surface area contributed by atoms with Gasteiger partial charge in [-0.05, 0) is 47.3 Å². The molecular weight excluding hydrogens is 459 g/mol. The van der Waals surface area contributed by atoms with Crippen LogP contribution in [0.1, 0.15) is 18.1 Å². The number of nitrogens with one attached hydrogen (secondary N) is 2. The first kappa shape index (κ1) is 22.3. The van der Waals surface area contributed by atoms with Crippen LogP contribution < -0.4 is 15.4 Å². The summed E-state index contributed by atoms with van der Waals surface area (Å²) in [4.78, 5) is 15.8. The van der Waals surface area contributed by atoms with Gasteiger partial charge in [0, 0.05) is 18.8 Å². The number of alkyl halides is 3. The minimum absolute atomic E-state index is 0.0576. The minimum atomic E-state index is -4.46. The zero-order valence-corrected chi connectivity index (χ0v) is 17.8. The first-order valence-corrected chi connectivity index (χ1v) is 10.4. The molecule has 2 N–H and O–H groups in total. The number of hydrogen-bond acceptors (Lipinski definition) is 8. The average Bonchev–Trinajstić information content (AvgIpc) is 3.41. The monoisotopic (exact) mass is 475 g/mol. The van der Waals surface area contributed by atoms with Crippen LogP contribution in [0.5, 0.6) is 5.75 Å². The van der Waals surface area contributed by atoms with Crippen molar-refractivity contribution in [2.24, 2.45) is 0 Å². The van der Waals surface area contributed by atoms with Gasteiger partial charge in [0.25, 0.3) is 5.89 Å². The fraction of sp³-hybridized carbons (Fsp3) is 0.143. The van der Waals surface area contributed by atoms with E-state index >= 15 is 0 Å². The lowest BCUT2D eigenvalue weighted by Gasteiger charge is -2.08. The summed E-state index contributed by atoms with van der Waals surface area (Å²) in [6.07, 6.45) is -2.90. The second-order valence-corrected chi connectivity index (χ2v) is 7.67. The highest BCUT2D eigenvalue weighted by Gasteiger charge is 2.30. The molecule has 0 saturated carbocycles. The highest BCUT2D eigenvalue weighted by atomic mass is 32.1. The Hall–Kier alpha value is -3.93. The van der Waals surface area contributed by atoms with Crippen LogP contribution in [0.4, 0.5) is 30.7 Å². The van der Waals surface area contributed by atoms with Gasteiger partial charge in [0.05, 0.1) is 5.56 Å². The molecule has 3 aromatic heterocycles. The number of halogens is 3. The van der Waals surface area contributed by atoms with E-state index in [0.717, 1.165) is 17.7 Å². The fourth-order valence-electron chi connectivity index (χ4n) is 2.80. The number of carbonyl (C=O) groups is 1. The maximum absolute atomic E-state index is 12.9. The lowest BCUT2D eigenvalue weighted by Crippen LogP contribution is -2.08. The Kier molecular flexibility index (Phi) is 6.27. The van der Waals surface area contributed by atoms with Crippen molar-refractivity contribution < 1.29 is 27.1 Å². The predicted octanol–water partition coefficient (Wildman–Crippen LogP) is 5.49. The van der Waals surface area contributed by atoms with Crippen molar-refractivity contribution in [1.29, 1.82) is 0 Å². The van der Waals surface area contributed by atoms with Crippen LogP contribution >= 0.6 is 11.3 Å². The summed E-state index contributed by atoms with van der Waals surface area (Å²) in [6, 6.07) is 9.79. The molecule has 0 spiro atoms. The Bertz CT molecular complexity index is 1270. The molecular formula is C21H16F3N5O3S. The molecule has 170 valence electrons. The van der Waals surface area contributed by atoms with E-state index in [1.807, 2.05) is 0 Å². The maximum atomic E-state index is 12.9. The lowest BCUT2D eigenvalue weighted by molar-refractivity contribution is -0.137. The Balaban J connectivity index is 1.45. The molecule has 0 saturated heterocycles. The van der Waals surface area contributed by atoms with Crippen molar-refractivity contribution in [3.8, 4) is 16.5 Å². The molecule has 0 radical (unpaired) electrons. The summed E-state index contributed by atoms with van der Waals surface area (Å²) < 4.78 is 50.1. The number of benzene rings is 1. The van der Waals surface area contributed by atoms with Crippen molar-refractivity contribution in [3.05, 3.63) is 65.2 Å². The molecule has 0 bridgehead atoms. The summed E-state index contributed by atoms with van der Waals surface area (Å²) in [6.45, 7) is 1.59. The number of anilines is 3.